The van der Waals surface area contributed by atoms with E-state index >= 15 is 0 Å². The molecule has 6 heteroatoms. The van der Waals surface area contributed by atoms with E-state index in [0.717, 1.165) is 44.3 Å². The van der Waals surface area contributed by atoms with E-state index in [0.29, 0.717) is 12.6 Å². The first-order valence-corrected chi connectivity index (χ1v) is 10.5. The third-order valence-corrected chi connectivity index (χ3v) is 5.99. The molecular weight excluding hydrogens is 465 g/mol. The van der Waals surface area contributed by atoms with Crippen LogP contribution in [0.1, 0.15) is 57.4 Å². The molecule has 0 amide bonds. The number of hydrogen-bond donors (Lipinski definition) is 2. The quantitative estimate of drug-likeness (QED) is 0.348. The Kier molecular flexibility index (Phi) is 9.85. The summed E-state index contributed by atoms with van der Waals surface area (Å²) in [6.07, 6.45) is 8.55. The molecule has 0 radical (unpaired) electrons. The molecule has 2 fully saturated rings. The molecule has 28 heavy (non-hydrogen) atoms. The fraction of sp³-hybridized carbons (Fsp3) is 0.682. The van der Waals surface area contributed by atoms with Crippen LogP contribution >= 0.6 is 24.0 Å². The summed E-state index contributed by atoms with van der Waals surface area (Å²) < 4.78 is 11.3. The highest BCUT2D eigenvalue weighted by Crippen LogP contribution is 2.35. The zero-order valence-electron chi connectivity index (χ0n) is 17.3. The van der Waals surface area contributed by atoms with Crippen LogP contribution in [0.25, 0.3) is 0 Å². The number of rotatable bonds is 6. The van der Waals surface area contributed by atoms with E-state index in [9.17, 15) is 0 Å². The van der Waals surface area contributed by atoms with Crippen molar-refractivity contribution in [1.29, 1.82) is 0 Å². The third-order valence-electron chi connectivity index (χ3n) is 5.99. The Balaban J connectivity index is 0.00000280. The lowest BCUT2D eigenvalue weighted by Gasteiger charge is -2.38. The number of benzene rings is 1. The van der Waals surface area contributed by atoms with Gasteiger partial charge in [0.25, 0.3) is 0 Å². The standard InChI is InChI=1S/C22H35N3O2.HI/c1-3-27-20-11-9-18(10-12-20)22(13-15-26-16-14-22)17-24-21(23-2)25-19-7-5-4-6-8-19;/h9-12,19H,3-8,13-17H2,1-2H3,(H2,23,24,25);1H. The van der Waals surface area contributed by atoms with E-state index in [2.05, 4.69) is 39.9 Å². The number of hydrogen-bond acceptors (Lipinski definition) is 3. The molecule has 1 aliphatic carbocycles. The Morgan fingerprint density at radius 3 is 2.43 bits per heavy atom. The normalized spacial score (nSPS) is 20.1. The molecule has 0 spiro atoms. The molecule has 1 aromatic rings. The zero-order chi connectivity index (χ0) is 19.0. The smallest absolute Gasteiger partial charge is 0.191 e. The van der Waals surface area contributed by atoms with Crippen LogP contribution in [0.15, 0.2) is 29.3 Å². The summed E-state index contributed by atoms with van der Waals surface area (Å²) >= 11 is 0. The van der Waals surface area contributed by atoms with Crippen molar-refractivity contribution < 1.29 is 9.47 Å². The maximum Gasteiger partial charge on any atom is 0.191 e. The van der Waals surface area contributed by atoms with Crippen LogP contribution in [0, 0.1) is 0 Å². The van der Waals surface area contributed by atoms with E-state index in [-0.39, 0.29) is 29.4 Å². The summed E-state index contributed by atoms with van der Waals surface area (Å²) in [5.41, 5.74) is 1.43. The molecule has 1 saturated carbocycles. The van der Waals surface area contributed by atoms with Crippen LogP contribution in [0.3, 0.4) is 0 Å². The van der Waals surface area contributed by atoms with Crippen molar-refractivity contribution in [3.63, 3.8) is 0 Å². The van der Waals surface area contributed by atoms with Crippen molar-refractivity contribution in [3.8, 4) is 5.75 Å². The van der Waals surface area contributed by atoms with Crippen LogP contribution in [-0.4, -0.2) is 45.4 Å². The van der Waals surface area contributed by atoms with Crippen molar-refractivity contribution in [3.05, 3.63) is 29.8 Å². The number of nitrogens with one attached hydrogen (secondary N) is 2. The van der Waals surface area contributed by atoms with Crippen molar-refractivity contribution in [2.24, 2.45) is 4.99 Å². The average molecular weight is 501 g/mol. The van der Waals surface area contributed by atoms with Gasteiger partial charge in [0.05, 0.1) is 6.61 Å². The van der Waals surface area contributed by atoms with Crippen molar-refractivity contribution >= 4 is 29.9 Å². The average Bonchev–Trinajstić information content (AvgIpc) is 2.73. The van der Waals surface area contributed by atoms with Gasteiger partial charge in [0.2, 0.25) is 0 Å². The van der Waals surface area contributed by atoms with Crippen molar-refractivity contribution in [2.45, 2.75) is 63.3 Å². The molecule has 5 nitrogen and oxygen atoms in total. The van der Waals surface area contributed by atoms with Crippen LogP contribution in [0.5, 0.6) is 5.75 Å². The summed E-state index contributed by atoms with van der Waals surface area (Å²) in [4.78, 5) is 4.47. The lowest BCUT2D eigenvalue weighted by Crippen LogP contribution is -2.50. The molecule has 0 atom stereocenters. The number of ether oxygens (including phenoxy) is 2. The lowest BCUT2D eigenvalue weighted by atomic mass is 9.74. The predicted octanol–water partition coefficient (Wildman–Crippen LogP) is 4.25. The molecule has 1 heterocycles. The third kappa shape index (κ3) is 6.24. The van der Waals surface area contributed by atoms with E-state index in [1.165, 1.54) is 37.7 Å². The molecular formula is C22H36IN3O2. The summed E-state index contributed by atoms with van der Waals surface area (Å²) in [5.74, 6) is 1.87. The molecule has 1 saturated heterocycles. The van der Waals surface area contributed by atoms with Gasteiger partial charge in [-0.25, -0.2) is 0 Å². The Morgan fingerprint density at radius 1 is 1.14 bits per heavy atom. The van der Waals surface area contributed by atoms with Crippen LogP contribution < -0.4 is 15.4 Å². The summed E-state index contributed by atoms with van der Waals surface area (Å²) in [6.45, 7) is 5.20. The summed E-state index contributed by atoms with van der Waals surface area (Å²) in [7, 11) is 1.87. The fourth-order valence-corrected chi connectivity index (χ4v) is 4.29. The Hall–Kier alpha value is -1.02. The highest BCUT2D eigenvalue weighted by molar-refractivity contribution is 14.0. The highest BCUT2D eigenvalue weighted by Gasteiger charge is 2.34. The molecule has 2 N–H and O–H groups in total. The largest absolute Gasteiger partial charge is 0.494 e. The second-order valence-electron chi connectivity index (χ2n) is 7.76. The van der Waals surface area contributed by atoms with Gasteiger partial charge in [0.1, 0.15) is 5.75 Å². The van der Waals surface area contributed by atoms with Gasteiger partial charge in [-0.3, -0.25) is 4.99 Å². The van der Waals surface area contributed by atoms with E-state index in [1.54, 1.807) is 0 Å². The lowest BCUT2D eigenvalue weighted by molar-refractivity contribution is 0.0513. The van der Waals surface area contributed by atoms with E-state index in [1.807, 2.05) is 14.0 Å². The zero-order valence-corrected chi connectivity index (χ0v) is 19.7. The summed E-state index contributed by atoms with van der Waals surface area (Å²) in [6, 6.07) is 9.17. The monoisotopic (exact) mass is 501 g/mol. The number of nitrogens with zero attached hydrogens (tertiary/aromatic N) is 1. The maximum absolute atomic E-state index is 5.66. The molecule has 3 rings (SSSR count). The number of aliphatic imine (C=N–C) groups is 1. The van der Waals surface area contributed by atoms with Crippen LogP contribution in [0.4, 0.5) is 0 Å². The van der Waals surface area contributed by atoms with Crippen LogP contribution in [0.2, 0.25) is 0 Å². The summed E-state index contributed by atoms with van der Waals surface area (Å²) in [5, 5.41) is 7.24. The minimum absolute atomic E-state index is 0. The first kappa shape index (κ1) is 23.3. The van der Waals surface area contributed by atoms with E-state index in [4.69, 9.17) is 9.47 Å². The minimum Gasteiger partial charge on any atom is -0.494 e. The minimum atomic E-state index is 0. The SMILES string of the molecule is CCOc1ccc(C2(CNC(=NC)NC3CCCCC3)CCOCC2)cc1.I. The maximum atomic E-state index is 5.66. The van der Waals surface area contributed by atoms with Gasteiger partial charge in [-0.1, -0.05) is 31.4 Å². The van der Waals surface area contributed by atoms with Gasteiger partial charge < -0.3 is 20.1 Å². The first-order valence-electron chi connectivity index (χ1n) is 10.5. The highest BCUT2D eigenvalue weighted by atomic mass is 127. The topological polar surface area (TPSA) is 54.9 Å². The molecule has 1 aromatic carbocycles. The van der Waals surface area contributed by atoms with Gasteiger partial charge in [0.15, 0.2) is 5.96 Å². The second-order valence-corrected chi connectivity index (χ2v) is 7.76. The van der Waals surface area contributed by atoms with Gasteiger partial charge in [-0.05, 0) is 50.3 Å². The molecule has 1 aliphatic heterocycles. The molecule has 0 bridgehead atoms. The van der Waals surface area contributed by atoms with Crippen molar-refractivity contribution in [2.75, 3.05) is 33.4 Å². The van der Waals surface area contributed by atoms with Gasteiger partial charge in [-0.15, -0.1) is 24.0 Å². The Bertz CT molecular complexity index is 594. The first-order chi connectivity index (χ1) is 13.3. The molecule has 158 valence electrons. The molecule has 0 unspecified atom stereocenters. The van der Waals surface area contributed by atoms with Gasteiger partial charge in [-0.2, -0.15) is 0 Å². The van der Waals surface area contributed by atoms with E-state index < -0.39 is 0 Å². The fourth-order valence-electron chi connectivity index (χ4n) is 4.29. The number of guanidine groups is 1. The van der Waals surface area contributed by atoms with Gasteiger partial charge >= 0.3 is 0 Å². The Morgan fingerprint density at radius 2 is 1.82 bits per heavy atom. The van der Waals surface area contributed by atoms with Crippen molar-refractivity contribution in [1.82, 2.24) is 10.6 Å². The molecule has 2 aliphatic rings. The van der Waals surface area contributed by atoms with Gasteiger partial charge in [0, 0.05) is 38.3 Å². The predicted molar refractivity (Wildman–Crippen MR) is 126 cm³/mol. The number of halogens is 1. The second kappa shape index (κ2) is 11.9. The molecule has 0 aromatic heterocycles. The van der Waals surface area contributed by atoms with Crippen LogP contribution in [-0.2, 0) is 10.2 Å². The Labute approximate surface area is 187 Å².